The van der Waals surface area contributed by atoms with Crippen LogP contribution in [0.15, 0.2) is 42.5 Å². The average molecular weight is 436 g/mol. The van der Waals surface area contributed by atoms with Crippen LogP contribution in [0.3, 0.4) is 0 Å². The van der Waals surface area contributed by atoms with E-state index < -0.39 is 0 Å². The normalized spacial score (nSPS) is 11.0. The number of carbonyl (C=O) groups is 2. The number of halogens is 2. The number of carbonyl (C=O) groups excluding carboxylic acids is 2. The van der Waals surface area contributed by atoms with Crippen LogP contribution in [0.2, 0.25) is 10.0 Å². The Balaban J connectivity index is 1.81. The molecule has 0 saturated carbocycles. The molecule has 28 heavy (non-hydrogen) atoms. The Labute approximate surface area is 177 Å². The Hall–Kier alpha value is -2.12. The number of benzene rings is 2. The van der Waals surface area contributed by atoms with Crippen molar-refractivity contribution < 1.29 is 9.59 Å². The SMILES string of the molecule is CN(C)CCNC(=O)c1ccccc1NC(=O)c1sc2cc(Cl)ccc2c1Cl. The Morgan fingerprint density at radius 3 is 2.57 bits per heavy atom. The lowest BCUT2D eigenvalue weighted by atomic mass is 10.1. The number of fused-ring (bicyclic) bond motifs is 1. The second kappa shape index (κ2) is 8.92. The molecule has 8 heteroatoms. The first-order valence-corrected chi connectivity index (χ1v) is 10.1. The van der Waals surface area contributed by atoms with Crippen molar-refractivity contribution in [3.05, 3.63) is 63.0 Å². The summed E-state index contributed by atoms with van der Waals surface area (Å²) in [6.45, 7) is 1.23. The van der Waals surface area contributed by atoms with Gasteiger partial charge in [0.05, 0.1) is 16.3 Å². The fourth-order valence-corrected chi connectivity index (χ4v) is 4.33. The highest BCUT2D eigenvalue weighted by atomic mass is 35.5. The van der Waals surface area contributed by atoms with E-state index in [9.17, 15) is 9.59 Å². The highest BCUT2D eigenvalue weighted by Crippen LogP contribution is 2.37. The monoisotopic (exact) mass is 435 g/mol. The number of nitrogens with one attached hydrogen (secondary N) is 2. The van der Waals surface area contributed by atoms with Crippen LogP contribution in [0.4, 0.5) is 5.69 Å². The van der Waals surface area contributed by atoms with Crippen molar-refractivity contribution in [3.8, 4) is 0 Å². The lowest BCUT2D eigenvalue weighted by Gasteiger charge is -2.13. The lowest BCUT2D eigenvalue weighted by molar-refractivity contribution is 0.0952. The minimum Gasteiger partial charge on any atom is -0.351 e. The van der Waals surface area contributed by atoms with Crippen molar-refractivity contribution >= 4 is 62.1 Å². The van der Waals surface area contributed by atoms with Crippen molar-refractivity contribution in [2.45, 2.75) is 0 Å². The second-order valence-electron chi connectivity index (χ2n) is 6.44. The summed E-state index contributed by atoms with van der Waals surface area (Å²) in [5.41, 5.74) is 0.830. The molecule has 0 radical (unpaired) electrons. The molecule has 1 aromatic heterocycles. The van der Waals surface area contributed by atoms with Gasteiger partial charge in [-0.3, -0.25) is 9.59 Å². The fourth-order valence-electron chi connectivity index (χ4n) is 2.64. The second-order valence-corrected chi connectivity index (χ2v) is 8.31. The van der Waals surface area contributed by atoms with Gasteiger partial charge in [-0.25, -0.2) is 0 Å². The van der Waals surface area contributed by atoms with E-state index in [1.165, 1.54) is 11.3 Å². The first-order valence-electron chi connectivity index (χ1n) is 8.57. The van der Waals surface area contributed by atoms with Crippen LogP contribution in [-0.2, 0) is 0 Å². The minimum absolute atomic E-state index is 0.244. The summed E-state index contributed by atoms with van der Waals surface area (Å²) in [7, 11) is 3.87. The molecular weight excluding hydrogens is 417 g/mol. The fraction of sp³-hybridized carbons (Fsp3) is 0.200. The molecule has 3 rings (SSSR count). The number of anilines is 1. The first kappa shape index (κ1) is 20.6. The van der Waals surface area contributed by atoms with Crippen molar-refractivity contribution in [1.29, 1.82) is 0 Å². The molecule has 0 spiro atoms. The van der Waals surface area contributed by atoms with Gasteiger partial charge < -0.3 is 15.5 Å². The van der Waals surface area contributed by atoms with Crippen LogP contribution in [0.25, 0.3) is 10.1 Å². The van der Waals surface area contributed by atoms with E-state index in [2.05, 4.69) is 10.6 Å². The van der Waals surface area contributed by atoms with Crippen molar-refractivity contribution in [1.82, 2.24) is 10.2 Å². The molecular formula is C20H19Cl2N3O2S. The van der Waals surface area contributed by atoms with Crippen LogP contribution >= 0.6 is 34.5 Å². The van der Waals surface area contributed by atoms with Gasteiger partial charge in [-0.05, 0) is 38.4 Å². The number of para-hydroxylation sites is 1. The van der Waals surface area contributed by atoms with Gasteiger partial charge in [-0.1, -0.05) is 41.4 Å². The van der Waals surface area contributed by atoms with E-state index in [1.807, 2.05) is 19.0 Å². The molecule has 0 atom stereocenters. The summed E-state index contributed by atoms with van der Waals surface area (Å²) in [5, 5.41) is 7.39. The molecule has 2 aromatic carbocycles. The van der Waals surface area contributed by atoms with Crippen LogP contribution < -0.4 is 10.6 Å². The van der Waals surface area contributed by atoms with Gasteiger partial charge in [0, 0.05) is 28.2 Å². The summed E-state index contributed by atoms with van der Waals surface area (Å²) < 4.78 is 0.831. The largest absolute Gasteiger partial charge is 0.351 e. The van der Waals surface area contributed by atoms with E-state index in [4.69, 9.17) is 23.2 Å². The molecule has 146 valence electrons. The van der Waals surface area contributed by atoms with Crippen LogP contribution in [-0.4, -0.2) is 43.9 Å². The molecule has 0 aliphatic carbocycles. The Morgan fingerprint density at radius 1 is 1.07 bits per heavy atom. The van der Waals surface area contributed by atoms with Crippen molar-refractivity contribution in [2.75, 3.05) is 32.5 Å². The molecule has 0 aliphatic rings. The third-order valence-electron chi connectivity index (χ3n) is 4.06. The maximum absolute atomic E-state index is 12.8. The molecule has 0 fully saturated rings. The zero-order chi connectivity index (χ0) is 20.3. The number of thiophene rings is 1. The zero-order valence-electron chi connectivity index (χ0n) is 15.4. The van der Waals surface area contributed by atoms with Gasteiger partial charge in [0.25, 0.3) is 11.8 Å². The lowest BCUT2D eigenvalue weighted by Crippen LogP contribution is -2.32. The standard InChI is InChI=1S/C20H19Cl2N3O2S/c1-25(2)10-9-23-19(26)13-5-3-4-6-15(13)24-20(27)18-17(22)14-8-7-12(21)11-16(14)28-18/h3-8,11H,9-10H2,1-2H3,(H,23,26)(H,24,27). The number of amides is 2. The number of hydrogen-bond donors (Lipinski definition) is 2. The summed E-state index contributed by atoms with van der Waals surface area (Å²) in [4.78, 5) is 27.7. The number of hydrogen-bond acceptors (Lipinski definition) is 4. The van der Waals surface area contributed by atoms with Gasteiger partial charge in [-0.2, -0.15) is 0 Å². The summed E-state index contributed by atoms with van der Waals surface area (Å²) in [6.07, 6.45) is 0. The number of rotatable bonds is 6. The van der Waals surface area contributed by atoms with E-state index in [0.717, 1.165) is 16.6 Å². The van der Waals surface area contributed by atoms with Gasteiger partial charge in [0.2, 0.25) is 0 Å². The van der Waals surface area contributed by atoms with E-state index in [0.29, 0.717) is 32.7 Å². The van der Waals surface area contributed by atoms with Gasteiger partial charge in [-0.15, -0.1) is 11.3 Å². The predicted octanol–water partition coefficient (Wildman–Crippen LogP) is 4.75. The van der Waals surface area contributed by atoms with E-state index in [1.54, 1.807) is 42.5 Å². The molecule has 2 amide bonds. The van der Waals surface area contributed by atoms with Crippen LogP contribution in [0.1, 0.15) is 20.0 Å². The van der Waals surface area contributed by atoms with E-state index >= 15 is 0 Å². The summed E-state index contributed by atoms with van der Waals surface area (Å²) in [5.74, 6) is -0.608. The maximum Gasteiger partial charge on any atom is 0.267 e. The molecule has 0 saturated heterocycles. The third kappa shape index (κ3) is 4.64. The minimum atomic E-state index is -0.365. The molecule has 0 bridgehead atoms. The average Bonchev–Trinajstić information content (AvgIpc) is 2.97. The van der Waals surface area contributed by atoms with Gasteiger partial charge >= 0.3 is 0 Å². The first-order chi connectivity index (χ1) is 13.4. The Bertz CT molecular complexity index is 1030. The maximum atomic E-state index is 12.8. The topological polar surface area (TPSA) is 61.4 Å². The zero-order valence-corrected chi connectivity index (χ0v) is 17.7. The molecule has 3 aromatic rings. The number of nitrogens with zero attached hydrogens (tertiary/aromatic N) is 1. The van der Waals surface area contributed by atoms with Crippen LogP contribution in [0.5, 0.6) is 0 Å². The molecule has 1 heterocycles. The predicted molar refractivity (Wildman–Crippen MR) is 117 cm³/mol. The summed E-state index contributed by atoms with van der Waals surface area (Å²) in [6, 6.07) is 12.2. The third-order valence-corrected chi connectivity index (χ3v) is 5.95. The highest BCUT2D eigenvalue weighted by Gasteiger charge is 2.19. The smallest absolute Gasteiger partial charge is 0.267 e. The van der Waals surface area contributed by atoms with Crippen molar-refractivity contribution in [2.24, 2.45) is 0 Å². The molecule has 0 unspecified atom stereocenters. The number of likely N-dealkylation sites (N-methyl/N-ethyl adjacent to an activating group) is 1. The quantitative estimate of drug-likeness (QED) is 0.586. The van der Waals surface area contributed by atoms with Gasteiger partial charge in [0.15, 0.2) is 0 Å². The van der Waals surface area contributed by atoms with Crippen molar-refractivity contribution in [3.63, 3.8) is 0 Å². The Morgan fingerprint density at radius 2 is 1.82 bits per heavy atom. The molecule has 5 nitrogen and oxygen atoms in total. The molecule has 2 N–H and O–H groups in total. The Kier molecular flexibility index (Phi) is 6.57. The van der Waals surface area contributed by atoms with Crippen LogP contribution in [0, 0.1) is 0 Å². The van der Waals surface area contributed by atoms with Gasteiger partial charge in [0.1, 0.15) is 4.88 Å². The summed E-state index contributed by atoms with van der Waals surface area (Å²) >= 11 is 13.7. The highest BCUT2D eigenvalue weighted by molar-refractivity contribution is 7.21. The van der Waals surface area contributed by atoms with E-state index in [-0.39, 0.29) is 11.8 Å². The molecule has 0 aliphatic heterocycles.